The van der Waals surface area contributed by atoms with Crippen molar-refractivity contribution in [2.75, 3.05) is 0 Å². The van der Waals surface area contributed by atoms with Crippen molar-refractivity contribution >= 4 is 0 Å². The third-order valence-electron chi connectivity index (χ3n) is 24.5. The van der Waals surface area contributed by atoms with Gasteiger partial charge in [-0.15, -0.1) is 0 Å². The van der Waals surface area contributed by atoms with Crippen LogP contribution in [0.5, 0.6) is 0 Å². The fourth-order valence-corrected chi connectivity index (χ4v) is 18.6. The second-order valence-electron chi connectivity index (χ2n) is 31.7. The van der Waals surface area contributed by atoms with E-state index in [9.17, 15) is 0 Å². The quantitative estimate of drug-likeness (QED) is 0.0968. The Morgan fingerprint density at radius 1 is 0.107 bits per heavy atom. The predicted octanol–water partition coefficient (Wildman–Crippen LogP) is 30.9. The van der Waals surface area contributed by atoms with Crippen LogP contribution in [0.2, 0.25) is 0 Å². The number of aromatic nitrogens is 3. The highest BCUT2D eigenvalue weighted by Gasteiger charge is 2.51. The summed E-state index contributed by atoms with van der Waals surface area (Å²) in [6.45, 7) is 0. The summed E-state index contributed by atoms with van der Waals surface area (Å²) >= 11 is 0. The van der Waals surface area contributed by atoms with Gasteiger partial charge in [-0.1, -0.05) is 388 Å². The van der Waals surface area contributed by atoms with Crippen LogP contribution >= 0.6 is 0 Å². The molecule has 1 heterocycles. The van der Waals surface area contributed by atoms with Crippen LogP contribution in [0.3, 0.4) is 0 Å². The summed E-state index contributed by atoms with van der Waals surface area (Å²) in [5.41, 5.74) is 42.8. The van der Waals surface area contributed by atoms with E-state index in [-0.39, 0.29) is 0 Å². The summed E-state index contributed by atoms with van der Waals surface area (Å²) in [7, 11) is 0. The summed E-state index contributed by atoms with van der Waals surface area (Å²) in [6, 6.07) is 170. The minimum absolute atomic E-state index is 0.400. The third kappa shape index (κ3) is 13.5. The average Bonchev–Trinajstić information content (AvgIpc) is 1.51. The Morgan fingerprint density at radius 2 is 0.273 bits per heavy atom. The Bertz CT molecular complexity index is 7330. The fourth-order valence-electron chi connectivity index (χ4n) is 18.6. The van der Waals surface area contributed by atoms with Crippen molar-refractivity contribution in [1.82, 2.24) is 15.0 Å². The molecule has 0 amide bonds. The zero-order valence-electron chi connectivity index (χ0n) is 66.3. The van der Waals surface area contributed by atoms with Gasteiger partial charge in [-0.2, -0.15) is 0 Å². The number of nitrogens with zero attached hydrogens (tertiary/aromatic N) is 3. The largest absolute Gasteiger partial charge is 0.208 e. The van der Waals surface area contributed by atoms with Gasteiger partial charge in [0.2, 0.25) is 0 Å². The van der Waals surface area contributed by atoms with Crippen molar-refractivity contribution in [2.24, 2.45) is 0 Å². The number of hydrogen-bond acceptors (Lipinski definition) is 3. The normalized spacial score (nSPS) is 12.0. The van der Waals surface area contributed by atoms with E-state index in [4.69, 9.17) is 15.0 Å². The van der Waals surface area contributed by atoms with Crippen molar-refractivity contribution in [2.45, 2.75) is 5.41 Å². The monoisotopic (exact) mass is 1540 g/mol. The average molecular weight is 1540 g/mol. The van der Waals surface area contributed by atoms with Crippen LogP contribution < -0.4 is 0 Å². The molecule has 19 aromatic carbocycles. The molecule has 2 aliphatic rings. The number of rotatable bonds is 16. The minimum atomic E-state index is -0.400. The highest BCUT2D eigenvalue weighted by atomic mass is 15.0. The molecule has 121 heavy (non-hydrogen) atoms. The first-order valence-corrected chi connectivity index (χ1v) is 41.6. The van der Waals surface area contributed by atoms with Gasteiger partial charge in [-0.25, -0.2) is 15.0 Å². The number of hydrogen-bond donors (Lipinski definition) is 0. The Morgan fingerprint density at radius 3 is 0.537 bits per heavy atom. The molecular weight excluding hydrogens is 1460 g/mol. The first-order chi connectivity index (χ1) is 59.9. The van der Waals surface area contributed by atoms with Crippen LogP contribution in [0.25, 0.3) is 201 Å². The van der Waals surface area contributed by atoms with Crippen LogP contribution in [0.15, 0.2) is 467 Å². The van der Waals surface area contributed by atoms with Gasteiger partial charge in [0.15, 0.2) is 17.5 Å². The SMILES string of the molecule is c1ccc(-c2cccc(-c3cccc(-c4cccc(-c5ccc(-c6nc(-c7cccc(-c8cccc(-c9cccc(-c%10ccccc%10)c9)c8)c7)nc(-c7cccc(-c8cccc(-c9cccc(-c%10cccc(-c%11cccc(-c%12cccc(-c%13ccc%14c(c%13)C%13(c%15ccccc%15-c%15ccccc%15%13)c%13ccccc%13-%14)c%12)c%11)c%10)c9)c8)c7)n6)cc5)c4)c3)c2)cc1. The third-order valence-corrected chi connectivity index (χ3v) is 24.5. The molecule has 3 nitrogen and oxygen atoms in total. The molecule has 0 saturated heterocycles. The molecule has 564 valence electrons. The van der Waals surface area contributed by atoms with Gasteiger partial charge in [0.1, 0.15) is 0 Å². The maximum absolute atomic E-state index is 5.39. The van der Waals surface area contributed by atoms with Gasteiger partial charge >= 0.3 is 0 Å². The van der Waals surface area contributed by atoms with E-state index < -0.39 is 5.41 Å². The van der Waals surface area contributed by atoms with Crippen molar-refractivity contribution in [3.05, 3.63) is 489 Å². The lowest BCUT2D eigenvalue weighted by molar-refractivity contribution is 0.794. The molecule has 2 aliphatic carbocycles. The molecule has 0 atom stereocenters. The molecule has 0 N–H and O–H groups in total. The fraction of sp³-hybridized carbons (Fsp3) is 0.00847. The maximum Gasteiger partial charge on any atom is 0.164 e. The van der Waals surface area contributed by atoms with E-state index in [1.165, 1.54) is 100 Å². The van der Waals surface area contributed by atoms with Crippen molar-refractivity contribution in [3.63, 3.8) is 0 Å². The molecule has 0 bridgehead atoms. The number of fused-ring (bicyclic) bond motifs is 10. The zero-order valence-corrected chi connectivity index (χ0v) is 66.3. The Hall–Kier alpha value is -15.8. The lowest BCUT2D eigenvalue weighted by atomic mass is 9.70. The molecule has 1 aromatic heterocycles. The van der Waals surface area contributed by atoms with E-state index in [1.807, 2.05) is 0 Å². The van der Waals surface area contributed by atoms with Crippen molar-refractivity contribution in [1.29, 1.82) is 0 Å². The Balaban J connectivity index is 0.554. The highest BCUT2D eigenvalue weighted by molar-refractivity contribution is 5.97. The summed E-state index contributed by atoms with van der Waals surface area (Å²) in [4.78, 5) is 16.1. The van der Waals surface area contributed by atoms with Crippen molar-refractivity contribution in [3.8, 4) is 201 Å². The molecule has 20 aromatic rings. The maximum atomic E-state index is 5.39. The summed E-state index contributed by atoms with van der Waals surface area (Å²) in [6.07, 6.45) is 0. The Labute approximate surface area is 706 Å². The second-order valence-corrected chi connectivity index (χ2v) is 31.7. The highest BCUT2D eigenvalue weighted by Crippen LogP contribution is 2.63. The molecule has 0 radical (unpaired) electrons. The van der Waals surface area contributed by atoms with Crippen LogP contribution in [-0.4, -0.2) is 15.0 Å². The predicted molar refractivity (Wildman–Crippen MR) is 503 cm³/mol. The summed E-state index contributed by atoms with van der Waals surface area (Å²) in [5, 5.41) is 0. The van der Waals surface area contributed by atoms with E-state index >= 15 is 0 Å². The van der Waals surface area contributed by atoms with Crippen LogP contribution in [0.4, 0.5) is 0 Å². The van der Waals surface area contributed by atoms with Gasteiger partial charge in [0.25, 0.3) is 0 Å². The van der Waals surface area contributed by atoms with Crippen LogP contribution in [-0.2, 0) is 5.41 Å². The first-order valence-electron chi connectivity index (χ1n) is 41.6. The smallest absolute Gasteiger partial charge is 0.164 e. The van der Waals surface area contributed by atoms with Crippen molar-refractivity contribution < 1.29 is 0 Å². The summed E-state index contributed by atoms with van der Waals surface area (Å²) < 4.78 is 0. The van der Waals surface area contributed by atoms with Gasteiger partial charge in [0, 0.05) is 16.7 Å². The molecule has 0 saturated carbocycles. The lowest BCUT2D eigenvalue weighted by Gasteiger charge is -2.30. The standard InChI is InChI=1S/C118H77N3/c1-3-25-78(26-4-1)82-29-13-32-85(65-82)88-35-16-36-89(68-88)87-34-15-31-84(67-87)80-59-61-81(62-60-80)115-119-116(105-51-23-49-102(75-105)99-46-20-37-90(72-99)86-33-14-30-83(66-86)79-27-5-2-6-28-79)121-117(120-115)106-52-24-50-103(76-106)100-47-21-44-97(73-100)95-42-18-40-93(70-95)91-38-17-39-92(69-91)94-41-19-43-96(71-94)98-45-22-48-101(74-98)104-63-64-110-109-55-9-12-58-113(109)118(114(110)77-104)111-56-10-7-53-107(111)108-54-8-11-57-112(108)118/h1-77H. The topological polar surface area (TPSA) is 38.7 Å². The molecule has 1 spiro atoms. The van der Waals surface area contributed by atoms with E-state index in [2.05, 4.69) is 467 Å². The number of benzene rings is 19. The second kappa shape index (κ2) is 30.7. The molecular formula is C118H77N3. The van der Waals surface area contributed by atoms with Gasteiger partial charge in [-0.05, 0) is 268 Å². The zero-order chi connectivity index (χ0) is 80.2. The van der Waals surface area contributed by atoms with Gasteiger partial charge in [0.05, 0.1) is 5.41 Å². The van der Waals surface area contributed by atoms with E-state index in [0.29, 0.717) is 17.5 Å². The molecule has 3 heteroatoms. The molecule has 22 rings (SSSR count). The van der Waals surface area contributed by atoms with Gasteiger partial charge < -0.3 is 0 Å². The summed E-state index contributed by atoms with van der Waals surface area (Å²) in [5.74, 6) is 1.75. The molecule has 0 unspecified atom stereocenters. The van der Waals surface area contributed by atoms with E-state index in [1.54, 1.807) is 0 Å². The minimum Gasteiger partial charge on any atom is -0.208 e. The van der Waals surface area contributed by atoms with Gasteiger partial charge in [-0.3, -0.25) is 0 Å². The molecule has 0 aliphatic heterocycles. The lowest BCUT2D eigenvalue weighted by Crippen LogP contribution is -2.25. The first kappa shape index (κ1) is 71.7. The van der Waals surface area contributed by atoms with Crippen LogP contribution in [0.1, 0.15) is 22.3 Å². The molecule has 0 fully saturated rings. The van der Waals surface area contributed by atoms with E-state index in [0.717, 1.165) is 106 Å². The Kier molecular flexibility index (Phi) is 18.2. The van der Waals surface area contributed by atoms with Crippen LogP contribution in [0, 0.1) is 0 Å².